The van der Waals surface area contributed by atoms with E-state index >= 15 is 0 Å². The van der Waals surface area contributed by atoms with E-state index in [2.05, 4.69) is 4.98 Å². The number of nitrogens with zero attached hydrogens (tertiary/aromatic N) is 1. The van der Waals surface area contributed by atoms with E-state index in [9.17, 15) is 0 Å². The number of rotatable bonds is 6. The van der Waals surface area contributed by atoms with Crippen LogP contribution in [0.25, 0.3) is 0 Å². The van der Waals surface area contributed by atoms with Crippen molar-refractivity contribution in [3.63, 3.8) is 0 Å². The van der Waals surface area contributed by atoms with Gasteiger partial charge in [0.15, 0.2) is 0 Å². The second-order valence-electron chi connectivity index (χ2n) is 2.93. The van der Waals surface area contributed by atoms with E-state index in [0.717, 1.165) is 5.69 Å². The molecule has 14 heavy (non-hydrogen) atoms. The molecule has 0 saturated heterocycles. The molecule has 78 valence electrons. The predicted octanol–water partition coefficient (Wildman–Crippen LogP) is -0.00610. The minimum Gasteiger partial charge on any atom is -0.394 e. The second kappa shape index (κ2) is 6.48. The van der Waals surface area contributed by atoms with Crippen molar-refractivity contribution in [2.24, 2.45) is 0 Å². The van der Waals surface area contributed by atoms with E-state index in [1.54, 1.807) is 6.20 Å². The molecule has 2 N–H and O–H groups in total. The minimum atomic E-state index is -0.473. The molecule has 1 heterocycles. The van der Waals surface area contributed by atoms with Crippen molar-refractivity contribution in [1.82, 2.24) is 4.98 Å². The van der Waals surface area contributed by atoms with Gasteiger partial charge in [-0.3, -0.25) is 4.98 Å². The van der Waals surface area contributed by atoms with E-state index < -0.39 is 6.10 Å². The van der Waals surface area contributed by atoms with E-state index in [1.165, 1.54) is 0 Å². The van der Waals surface area contributed by atoms with Crippen molar-refractivity contribution in [2.75, 3.05) is 19.8 Å². The average molecular weight is 197 g/mol. The van der Waals surface area contributed by atoms with Gasteiger partial charge in [-0.05, 0) is 12.1 Å². The molecule has 0 aliphatic rings. The first-order valence-electron chi connectivity index (χ1n) is 4.60. The van der Waals surface area contributed by atoms with E-state index in [4.69, 9.17) is 14.9 Å². The number of hydrogen-bond donors (Lipinski definition) is 2. The maximum Gasteiger partial charge on any atom is 0.104 e. The van der Waals surface area contributed by atoms with Crippen LogP contribution in [0.1, 0.15) is 5.69 Å². The molecule has 0 aliphatic heterocycles. The Morgan fingerprint density at radius 3 is 2.64 bits per heavy atom. The Bertz CT molecular complexity index is 236. The Morgan fingerprint density at radius 1 is 1.29 bits per heavy atom. The lowest BCUT2D eigenvalue weighted by Gasteiger charge is -2.11. The highest BCUT2D eigenvalue weighted by molar-refractivity contribution is 5.03. The number of pyridine rings is 1. The molecular formula is C10H15NO3. The van der Waals surface area contributed by atoms with Crippen LogP contribution >= 0.6 is 0 Å². The first kappa shape index (κ1) is 11.1. The van der Waals surface area contributed by atoms with Crippen LogP contribution in [-0.4, -0.2) is 41.1 Å². The summed E-state index contributed by atoms with van der Waals surface area (Å²) < 4.78 is 5.20. The van der Waals surface area contributed by atoms with E-state index in [-0.39, 0.29) is 13.2 Å². The van der Waals surface area contributed by atoms with Crippen LogP contribution in [0.5, 0.6) is 0 Å². The van der Waals surface area contributed by atoms with Crippen LogP contribution in [-0.2, 0) is 11.2 Å². The standard InChI is InChI=1S/C10H15NO3/c12-7-10(8-13)14-6-4-9-3-1-2-5-11-9/h1-3,5,10,12-13H,4,6-8H2. The number of ether oxygens (including phenoxy) is 1. The van der Waals surface area contributed by atoms with Gasteiger partial charge in [0, 0.05) is 18.3 Å². The summed E-state index contributed by atoms with van der Waals surface area (Å²) in [5.41, 5.74) is 0.946. The summed E-state index contributed by atoms with van der Waals surface area (Å²) in [7, 11) is 0. The molecule has 1 aromatic rings. The summed E-state index contributed by atoms with van der Waals surface area (Å²) in [4.78, 5) is 4.12. The van der Waals surface area contributed by atoms with Crippen molar-refractivity contribution in [3.8, 4) is 0 Å². The molecule has 0 aliphatic carbocycles. The Balaban J connectivity index is 2.21. The summed E-state index contributed by atoms with van der Waals surface area (Å²) in [5.74, 6) is 0. The van der Waals surface area contributed by atoms with Crippen molar-refractivity contribution < 1.29 is 14.9 Å². The highest BCUT2D eigenvalue weighted by Crippen LogP contribution is 1.97. The Morgan fingerprint density at radius 2 is 2.07 bits per heavy atom. The van der Waals surface area contributed by atoms with Gasteiger partial charge in [0.05, 0.1) is 19.8 Å². The average Bonchev–Trinajstić information content (AvgIpc) is 2.26. The zero-order valence-electron chi connectivity index (χ0n) is 7.97. The fourth-order valence-corrected chi connectivity index (χ4v) is 1.04. The Hall–Kier alpha value is -0.970. The van der Waals surface area contributed by atoms with Crippen LogP contribution < -0.4 is 0 Å². The molecule has 0 atom stereocenters. The van der Waals surface area contributed by atoms with Gasteiger partial charge in [0.2, 0.25) is 0 Å². The summed E-state index contributed by atoms with van der Waals surface area (Å²) in [5, 5.41) is 17.4. The van der Waals surface area contributed by atoms with Crippen LogP contribution in [0.15, 0.2) is 24.4 Å². The van der Waals surface area contributed by atoms with Crippen LogP contribution in [0.3, 0.4) is 0 Å². The largest absolute Gasteiger partial charge is 0.394 e. The van der Waals surface area contributed by atoms with Gasteiger partial charge in [-0.2, -0.15) is 0 Å². The maximum atomic E-state index is 8.72. The highest BCUT2D eigenvalue weighted by Gasteiger charge is 2.04. The molecule has 1 aromatic heterocycles. The molecular weight excluding hydrogens is 182 g/mol. The van der Waals surface area contributed by atoms with Gasteiger partial charge in [0.25, 0.3) is 0 Å². The van der Waals surface area contributed by atoms with E-state index in [1.807, 2.05) is 18.2 Å². The summed E-state index contributed by atoms with van der Waals surface area (Å²) in [6.45, 7) is 0.153. The fourth-order valence-electron chi connectivity index (χ4n) is 1.04. The van der Waals surface area contributed by atoms with Gasteiger partial charge in [0.1, 0.15) is 6.10 Å². The monoisotopic (exact) mass is 197 g/mol. The number of aliphatic hydroxyl groups excluding tert-OH is 2. The van der Waals surface area contributed by atoms with Gasteiger partial charge >= 0.3 is 0 Å². The molecule has 0 bridgehead atoms. The fraction of sp³-hybridized carbons (Fsp3) is 0.500. The third-order valence-corrected chi connectivity index (χ3v) is 1.85. The molecule has 0 saturated carbocycles. The Kier molecular flexibility index (Phi) is 5.14. The molecule has 4 heteroatoms. The highest BCUT2D eigenvalue weighted by atomic mass is 16.5. The number of aromatic nitrogens is 1. The smallest absolute Gasteiger partial charge is 0.104 e. The SMILES string of the molecule is OCC(CO)OCCc1ccccn1. The van der Waals surface area contributed by atoms with Crippen molar-refractivity contribution in [2.45, 2.75) is 12.5 Å². The van der Waals surface area contributed by atoms with Crippen molar-refractivity contribution in [1.29, 1.82) is 0 Å². The lowest BCUT2D eigenvalue weighted by atomic mass is 10.3. The van der Waals surface area contributed by atoms with Gasteiger partial charge in [-0.15, -0.1) is 0 Å². The second-order valence-corrected chi connectivity index (χ2v) is 2.93. The molecule has 0 amide bonds. The molecule has 4 nitrogen and oxygen atoms in total. The lowest BCUT2D eigenvalue weighted by molar-refractivity contribution is -0.0184. The topological polar surface area (TPSA) is 62.6 Å². The van der Waals surface area contributed by atoms with Crippen LogP contribution in [0, 0.1) is 0 Å². The zero-order chi connectivity index (χ0) is 10.2. The quantitative estimate of drug-likeness (QED) is 0.673. The lowest BCUT2D eigenvalue weighted by Crippen LogP contribution is -2.23. The third kappa shape index (κ3) is 3.83. The molecule has 0 unspecified atom stereocenters. The van der Waals surface area contributed by atoms with Gasteiger partial charge < -0.3 is 14.9 Å². The normalized spacial score (nSPS) is 10.8. The number of aliphatic hydroxyl groups is 2. The predicted molar refractivity (Wildman–Crippen MR) is 51.9 cm³/mol. The molecule has 0 aromatic carbocycles. The first-order chi connectivity index (χ1) is 6.86. The minimum absolute atomic E-state index is 0.154. The van der Waals surface area contributed by atoms with Gasteiger partial charge in [-0.1, -0.05) is 6.07 Å². The van der Waals surface area contributed by atoms with Crippen LogP contribution in [0.4, 0.5) is 0 Å². The maximum absolute atomic E-state index is 8.72. The molecule has 1 rings (SSSR count). The third-order valence-electron chi connectivity index (χ3n) is 1.85. The molecule has 0 fully saturated rings. The van der Waals surface area contributed by atoms with Crippen molar-refractivity contribution in [3.05, 3.63) is 30.1 Å². The first-order valence-corrected chi connectivity index (χ1v) is 4.60. The molecule has 0 radical (unpaired) electrons. The summed E-state index contributed by atoms with van der Waals surface area (Å²) >= 11 is 0. The summed E-state index contributed by atoms with van der Waals surface area (Å²) in [6, 6.07) is 5.68. The van der Waals surface area contributed by atoms with Crippen LogP contribution in [0.2, 0.25) is 0 Å². The Labute approximate surface area is 83.2 Å². The zero-order valence-corrected chi connectivity index (χ0v) is 7.97. The van der Waals surface area contributed by atoms with E-state index in [0.29, 0.717) is 13.0 Å². The number of hydrogen-bond acceptors (Lipinski definition) is 4. The summed E-state index contributed by atoms with van der Waals surface area (Å²) in [6.07, 6.45) is 1.95. The van der Waals surface area contributed by atoms with Gasteiger partial charge in [-0.25, -0.2) is 0 Å². The van der Waals surface area contributed by atoms with Crippen molar-refractivity contribution >= 4 is 0 Å². The molecule has 0 spiro atoms.